The van der Waals surface area contributed by atoms with Crippen molar-refractivity contribution in [3.05, 3.63) is 0 Å². The van der Waals surface area contributed by atoms with Crippen molar-refractivity contribution in [1.82, 2.24) is 0 Å². The van der Waals surface area contributed by atoms with Crippen LogP contribution in [0.4, 0.5) is 0 Å². The van der Waals surface area contributed by atoms with E-state index in [9.17, 15) is 5.11 Å². The monoisotopic (exact) mass is 202 g/mol. The first-order valence-corrected chi connectivity index (χ1v) is 5.76. The van der Waals surface area contributed by atoms with E-state index in [2.05, 4.69) is 18.8 Å². The Bertz CT molecular complexity index is 196. The first-order chi connectivity index (χ1) is 6.16. The third kappa shape index (κ3) is 2.69. The van der Waals surface area contributed by atoms with Gasteiger partial charge in [-0.1, -0.05) is 20.3 Å². The molecule has 0 aliphatic carbocycles. The standard InChI is InChI=1S/C9H18N2OS/c1-3-6(2)7(10)8(12)9-11-4-5-13-9/h6-8,12H,3-5,10H2,1-2H3/t6-,7+,8?/m0/s1. The average Bonchev–Trinajstić information content (AvgIpc) is 2.67. The minimum Gasteiger partial charge on any atom is -0.385 e. The predicted molar refractivity (Wildman–Crippen MR) is 58.2 cm³/mol. The van der Waals surface area contributed by atoms with Gasteiger partial charge in [-0.05, 0) is 5.92 Å². The van der Waals surface area contributed by atoms with Crippen molar-refractivity contribution in [1.29, 1.82) is 0 Å². The quantitative estimate of drug-likeness (QED) is 0.711. The van der Waals surface area contributed by atoms with Gasteiger partial charge in [-0.3, -0.25) is 4.99 Å². The Balaban J connectivity index is 2.50. The summed E-state index contributed by atoms with van der Waals surface area (Å²) >= 11 is 1.63. The van der Waals surface area contributed by atoms with E-state index in [4.69, 9.17) is 5.73 Å². The second-order valence-corrected chi connectivity index (χ2v) is 4.59. The summed E-state index contributed by atoms with van der Waals surface area (Å²) in [6.07, 6.45) is 0.443. The molecule has 0 saturated carbocycles. The Labute approximate surface area is 83.8 Å². The molecule has 0 spiro atoms. The van der Waals surface area contributed by atoms with Crippen molar-refractivity contribution in [3.8, 4) is 0 Å². The zero-order chi connectivity index (χ0) is 9.84. The second-order valence-electron chi connectivity index (χ2n) is 3.48. The maximum atomic E-state index is 9.84. The molecule has 1 aliphatic heterocycles. The van der Waals surface area contributed by atoms with E-state index in [-0.39, 0.29) is 6.04 Å². The first-order valence-electron chi connectivity index (χ1n) is 4.77. The molecule has 0 aromatic rings. The lowest BCUT2D eigenvalue weighted by atomic mass is 9.96. The van der Waals surface area contributed by atoms with Crippen LogP contribution >= 0.6 is 11.8 Å². The lowest BCUT2D eigenvalue weighted by molar-refractivity contribution is 0.181. The molecule has 1 aliphatic rings. The van der Waals surface area contributed by atoms with Crippen molar-refractivity contribution in [3.63, 3.8) is 0 Å². The summed E-state index contributed by atoms with van der Waals surface area (Å²) in [6, 6.07) is -0.172. The Morgan fingerprint density at radius 1 is 1.69 bits per heavy atom. The van der Waals surface area contributed by atoms with E-state index in [0.29, 0.717) is 5.92 Å². The Morgan fingerprint density at radius 2 is 2.38 bits per heavy atom. The van der Waals surface area contributed by atoms with E-state index in [1.165, 1.54) is 0 Å². The van der Waals surface area contributed by atoms with Gasteiger partial charge in [0.1, 0.15) is 6.10 Å². The van der Waals surface area contributed by atoms with Gasteiger partial charge in [-0.2, -0.15) is 0 Å². The highest BCUT2D eigenvalue weighted by Gasteiger charge is 2.26. The zero-order valence-electron chi connectivity index (χ0n) is 8.23. The first kappa shape index (κ1) is 11.0. The van der Waals surface area contributed by atoms with Crippen LogP contribution in [0, 0.1) is 5.92 Å². The number of thioether (sulfide) groups is 1. The van der Waals surface area contributed by atoms with Gasteiger partial charge in [0.2, 0.25) is 0 Å². The summed E-state index contributed by atoms with van der Waals surface area (Å²) in [4.78, 5) is 4.22. The molecule has 13 heavy (non-hydrogen) atoms. The van der Waals surface area contributed by atoms with Gasteiger partial charge >= 0.3 is 0 Å². The molecule has 0 fully saturated rings. The highest BCUT2D eigenvalue weighted by atomic mass is 32.2. The number of aliphatic imine (C=N–C) groups is 1. The molecule has 0 amide bonds. The molecule has 0 bridgehead atoms. The van der Waals surface area contributed by atoms with Gasteiger partial charge in [-0.15, -0.1) is 11.8 Å². The van der Waals surface area contributed by atoms with Crippen molar-refractivity contribution < 1.29 is 5.11 Å². The molecule has 1 rings (SSSR count). The predicted octanol–water partition coefficient (Wildman–Crippen LogP) is 0.866. The van der Waals surface area contributed by atoms with Crippen LogP contribution < -0.4 is 5.73 Å². The van der Waals surface area contributed by atoms with Gasteiger partial charge in [0, 0.05) is 18.3 Å². The lowest BCUT2D eigenvalue weighted by Gasteiger charge is -2.23. The third-order valence-corrected chi connectivity index (χ3v) is 3.58. The zero-order valence-corrected chi connectivity index (χ0v) is 9.05. The molecule has 0 radical (unpaired) electrons. The average molecular weight is 202 g/mol. The van der Waals surface area contributed by atoms with E-state index < -0.39 is 6.10 Å². The van der Waals surface area contributed by atoms with Crippen LogP contribution in [-0.4, -0.2) is 34.6 Å². The number of hydrogen-bond acceptors (Lipinski definition) is 4. The summed E-state index contributed by atoms with van der Waals surface area (Å²) in [6.45, 7) is 4.97. The molecular formula is C9H18N2OS. The topological polar surface area (TPSA) is 58.6 Å². The molecule has 0 saturated heterocycles. The summed E-state index contributed by atoms with van der Waals surface area (Å²) in [5.74, 6) is 1.33. The molecule has 0 aromatic carbocycles. The molecule has 76 valence electrons. The maximum Gasteiger partial charge on any atom is 0.117 e. The molecule has 3 N–H and O–H groups in total. The normalized spacial score (nSPS) is 23.8. The van der Waals surface area contributed by atoms with Crippen LogP contribution in [0.15, 0.2) is 4.99 Å². The van der Waals surface area contributed by atoms with Crippen LogP contribution in [-0.2, 0) is 0 Å². The summed E-state index contributed by atoms with van der Waals surface area (Å²) in [5, 5.41) is 10.7. The Hall–Kier alpha value is -0.0600. The molecular weight excluding hydrogens is 184 g/mol. The fourth-order valence-electron chi connectivity index (χ4n) is 1.28. The van der Waals surface area contributed by atoms with Crippen molar-refractivity contribution in [2.24, 2.45) is 16.6 Å². The summed E-state index contributed by atoms with van der Waals surface area (Å²) in [5.41, 5.74) is 5.91. The molecule has 1 heterocycles. The lowest BCUT2D eigenvalue weighted by Crippen LogP contribution is -2.43. The molecule has 4 heteroatoms. The smallest absolute Gasteiger partial charge is 0.117 e. The Morgan fingerprint density at radius 3 is 2.85 bits per heavy atom. The summed E-state index contributed by atoms with van der Waals surface area (Å²) in [7, 11) is 0. The minimum atomic E-state index is -0.553. The van der Waals surface area contributed by atoms with Crippen molar-refractivity contribution in [2.75, 3.05) is 12.3 Å². The fourth-order valence-corrected chi connectivity index (χ4v) is 2.18. The van der Waals surface area contributed by atoms with E-state index in [1.807, 2.05) is 0 Å². The van der Waals surface area contributed by atoms with Crippen LogP contribution in [0.5, 0.6) is 0 Å². The minimum absolute atomic E-state index is 0.172. The van der Waals surface area contributed by atoms with Crippen LogP contribution in [0.25, 0.3) is 0 Å². The van der Waals surface area contributed by atoms with E-state index in [1.54, 1.807) is 11.8 Å². The Kier molecular flexibility index (Phi) is 4.22. The highest BCUT2D eigenvalue weighted by Crippen LogP contribution is 2.19. The van der Waals surface area contributed by atoms with E-state index >= 15 is 0 Å². The van der Waals surface area contributed by atoms with Gasteiger partial charge in [0.25, 0.3) is 0 Å². The second kappa shape index (κ2) is 4.98. The molecule has 0 aromatic heterocycles. The SMILES string of the molecule is CC[C@H](C)[C@@H](N)C(O)C1=NCCS1. The largest absolute Gasteiger partial charge is 0.385 e. The fraction of sp³-hybridized carbons (Fsp3) is 0.889. The van der Waals surface area contributed by atoms with E-state index in [0.717, 1.165) is 23.8 Å². The molecule has 1 unspecified atom stereocenters. The van der Waals surface area contributed by atoms with Crippen LogP contribution in [0.3, 0.4) is 0 Å². The van der Waals surface area contributed by atoms with Gasteiger partial charge in [0.15, 0.2) is 0 Å². The number of nitrogens with zero attached hydrogens (tertiary/aromatic N) is 1. The molecule has 3 nitrogen and oxygen atoms in total. The number of hydrogen-bond donors (Lipinski definition) is 2. The van der Waals surface area contributed by atoms with Crippen LogP contribution in [0.2, 0.25) is 0 Å². The van der Waals surface area contributed by atoms with Crippen molar-refractivity contribution in [2.45, 2.75) is 32.4 Å². The number of nitrogens with two attached hydrogens (primary N) is 1. The van der Waals surface area contributed by atoms with Crippen molar-refractivity contribution >= 4 is 16.8 Å². The number of aliphatic hydroxyl groups is 1. The number of rotatable bonds is 4. The highest BCUT2D eigenvalue weighted by molar-refractivity contribution is 8.14. The van der Waals surface area contributed by atoms with Gasteiger partial charge in [-0.25, -0.2) is 0 Å². The number of aliphatic hydroxyl groups excluding tert-OH is 1. The maximum absolute atomic E-state index is 9.84. The molecule has 3 atom stereocenters. The van der Waals surface area contributed by atoms with Crippen LogP contribution in [0.1, 0.15) is 20.3 Å². The third-order valence-electron chi connectivity index (χ3n) is 2.53. The van der Waals surface area contributed by atoms with Gasteiger partial charge in [0.05, 0.1) is 5.04 Å². The summed E-state index contributed by atoms with van der Waals surface area (Å²) < 4.78 is 0. The van der Waals surface area contributed by atoms with Gasteiger partial charge < -0.3 is 10.8 Å².